The Balaban J connectivity index is 2.73. The van der Waals surface area contributed by atoms with Gasteiger partial charge in [0, 0.05) is 11.5 Å². The van der Waals surface area contributed by atoms with Crippen molar-refractivity contribution in [1.82, 2.24) is 9.36 Å². The summed E-state index contributed by atoms with van der Waals surface area (Å²) >= 11 is 0.484. The summed E-state index contributed by atoms with van der Waals surface area (Å²) in [6.07, 6.45) is -5.48. The summed E-state index contributed by atoms with van der Waals surface area (Å²) in [5, 5.41) is 0. The summed E-state index contributed by atoms with van der Waals surface area (Å²) in [7, 11) is 0. The topological polar surface area (TPSA) is 45.8 Å². The summed E-state index contributed by atoms with van der Waals surface area (Å²) in [4.78, 5) is 11.7. The maximum atomic E-state index is 11.6. The Labute approximate surface area is 63.0 Å². The molecule has 0 fully saturated rings. The van der Waals surface area contributed by atoms with Crippen LogP contribution in [0.15, 0.2) is 4.79 Å². The van der Waals surface area contributed by atoms with Crippen LogP contribution in [0.5, 0.6) is 0 Å². The van der Waals surface area contributed by atoms with E-state index in [-0.39, 0.29) is 5.82 Å². The zero-order chi connectivity index (χ0) is 8.48. The highest BCUT2D eigenvalue weighted by molar-refractivity contribution is 7.02. The molecule has 0 saturated heterocycles. The van der Waals surface area contributed by atoms with Gasteiger partial charge in [-0.1, -0.05) is 0 Å². The third-order valence-corrected chi connectivity index (χ3v) is 1.43. The van der Waals surface area contributed by atoms with Gasteiger partial charge in [-0.2, -0.15) is 17.5 Å². The molecule has 0 radical (unpaired) electrons. The van der Waals surface area contributed by atoms with Crippen LogP contribution in [0.2, 0.25) is 0 Å². The van der Waals surface area contributed by atoms with Gasteiger partial charge in [0.2, 0.25) is 0 Å². The van der Waals surface area contributed by atoms with E-state index < -0.39 is 17.5 Å². The van der Waals surface area contributed by atoms with Crippen LogP contribution in [0, 0.1) is 0 Å². The number of nitrogens with zero attached hydrogens (tertiary/aromatic N) is 1. The number of halogens is 3. The molecule has 1 rings (SSSR count). The number of aromatic amines is 1. The Bertz CT molecular complexity index is 288. The minimum absolute atomic E-state index is 0.326. The van der Waals surface area contributed by atoms with Crippen molar-refractivity contribution in [3.8, 4) is 0 Å². The quantitative estimate of drug-likeness (QED) is 0.705. The van der Waals surface area contributed by atoms with E-state index in [0.29, 0.717) is 11.5 Å². The second-order valence-electron chi connectivity index (χ2n) is 1.83. The van der Waals surface area contributed by atoms with E-state index in [1.165, 1.54) is 0 Å². The Morgan fingerprint density at radius 2 is 2.18 bits per heavy atom. The molecule has 1 aromatic heterocycles. The second-order valence-corrected chi connectivity index (χ2v) is 2.57. The van der Waals surface area contributed by atoms with Gasteiger partial charge >= 0.3 is 11.0 Å². The maximum absolute atomic E-state index is 11.6. The fourth-order valence-corrected chi connectivity index (χ4v) is 0.993. The van der Waals surface area contributed by atoms with Crippen molar-refractivity contribution in [3.05, 3.63) is 15.5 Å². The van der Waals surface area contributed by atoms with Gasteiger partial charge in [-0.25, -0.2) is 0 Å². The van der Waals surface area contributed by atoms with E-state index in [1.54, 1.807) is 0 Å². The highest BCUT2D eigenvalue weighted by atomic mass is 32.1. The molecule has 0 spiro atoms. The fraction of sp³-hybridized carbons (Fsp3) is 0.500. The average Bonchev–Trinajstić information content (AvgIpc) is 2.10. The summed E-state index contributed by atoms with van der Waals surface area (Å²) < 4.78 is 38.0. The van der Waals surface area contributed by atoms with Crippen molar-refractivity contribution >= 4 is 11.5 Å². The van der Waals surface area contributed by atoms with Crippen molar-refractivity contribution in [3.63, 3.8) is 0 Å². The number of alkyl halides is 3. The Hall–Kier alpha value is -0.850. The van der Waals surface area contributed by atoms with E-state index in [1.807, 2.05) is 4.98 Å². The third-order valence-electron chi connectivity index (χ3n) is 0.853. The molecule has 62 valence electrons. The molecule has 0 aliphatic heterocycles. The molecule has 0 atom stereocenters. The lowest BCUT2D eigenvalue weighted by molar-refractivity contribution is -0.128. The summed E-state index contributed by atoms with van der Waals surface area (Å²) in [6.45, 7) is 0. The van der Waals surface area contributed by atoms with Crippen LogP contribution < -0.4 is 4.87 Å². The molecule has 3 nitrogen and oxygen atoms in total. The third kappa shape index (κ3) is 2.71. The largest absolute Gasteiger partial charge is 0.396 e. The molecule has 11 heavy (non-hydrogen) atoms. The fourth-order valence-electron chi connectivity index (χ4n) is 0.526. The number of aromatic nitrogens is 2. The molecule has 1 heterocycles. The molecular weight excluding hydrogens is 181 g/mol. The van der Waals surface area contributed by atoms with E-state index in [9.17, 15) is 18.0 Å². The van der Waals surface area contributed by atoms with Gasteiger partial charge in [0.15, 0.2) is 0 Å². The predicted octanol–water partition coefficient (Wildman–Crippen LogP) is 0.936. The van der Waals surface area contributed by atoms with Crippen LogP contribution in [-0.4, -0.2) is 15.5 Å². The predicted molar refractivity (Wildman–Crippen MR) is 32.5 cm³/mol. The molecule has 0 amide bonds. The highest BCUT2D eigenvalue weighted by Crippen LogP contribution is 2.18. The van der Waals surface area contributed by atoms with Gasteiger partial charge < -0.3 is 0 Å². The molecule has 0 aliphatic rings. The number of hydrogen-bond acceptors (Lipinski definition) is 3. The number of rotatable bonds is 1. The lowest BCUT2D eigenvalue weighted by Crippen LogP contribution is -2.13. The monoisotopic (exact) mass is 184 g/mol. The van der Waals surface area contributed by atoms with Crippen LogP contribution in [0.1, 0.15) is 5.82 Å². The molecule has 0 aromatic carbocycles. The molecular formula is C4H3F3N2OS. The van der Waals surface area contributed by atoms with Crippen molar-refractivity contribution in [2.75, 3.05) is 0 Å². The molecule has 0 aliphatic carbocycles. The van der Waals surface area contributed by atoms with Crippen LogP contribution in [-0.2, 0) is 6.42 Å². The SMILES string of the molecule is O=c1[nH]c(CC(F)(F)F)ns1. The van der Waals surface area contributed by atoms with Gasteiger partial charge in [0.1, 0.15) is 12.2 Å². The molecule has 7 heteroatoms. The smallest absolute Gasteiger partial charge is 0.299 e. The minimum Gasteiger partial charge on any atom is -0.299 e. The standard InChI is InChI=1S/C4H3F3N2OS/c5-4(6,7)1-2-8-3(10)11-9-2/h1H2,(H,8,9,10). The number of H-pyrrole nitrogens is 1. The molecule has 0 unspecified atom stereocenters. The van der Waals surface area contributed by atoms with Gasteiger partial charge in [-0.05, 0) is 0 Å². The van der Waals surface area contributed by atoms with Crippen LogP contribution in [0.4, 0.5) is 13.2 Å². The molecule has 1 aromatic rings. The van der Waals surface area contributed by atoms with E-state index in [2.05, 4.69) is 4.37 Å². The van der Waals surface area contributed by atoms with Crippen molar-refractivity contribution in [1.29, 1.82) is 0 Å². The normalized spacial score (nSPS) is 11.9. The first kappa shape index (κ1) is 8.25. The van der Waals surface area contributed by atoms with Crippen LogP contribution >= 0.6 is 11.5 Å². The zero-order valence-corrected chi connectivity index (χ0v) is 5.92. The van der Waals surface area contributed by atoms with Crippen molar-refractivity contribution in [2.45, 2.75) is 12.6 Å². The van der Waals surface area contributed by atoms with Crippen LogP contribution in [0.25, 0.3) is 0 Å². The maximum Gasteiger partial charge on any atom is 0.396 e. The van der Waals surface area contributed by atoms with E-state index in [0.717, 1.165) is 0 Å². The van der Waals surface area contributed by atoms with Gasteiger partial charge in [-0.3, -0.25) is 9.78 Å². The molecule has 1 N–H and O–H groups in total. The van der Waals surface area contributed by atoms with Crippen molar-refractivity contribution in [2.24, 2.45) is 0 Å². The highest BCUT2D eigenvalue weighted by Gasteiger charge is 2.29. The minimum atomic E-state index is -4.31. The molecule has 0 saturated carbocycles. The van der Waals surface area contributed by atoms with Gasteiger partial charge in [0.05, 0.1) is 0 Å². The first-order valence-electron chi connectivity index (χ1n) is 2.59. The summed E-state index contributed by atoms with van der Waals surface area (Å²) in [5.41, 5.74) is 0. The Kier molecular flexibility index (Phi) is 1.99. The summed E-state index contributed by atoms with van der Waals surface area (Å²) in [6, 6.07) is 0. The zero-order valence-electron chi connectivity index (χ0n) is 5.10. The average molecular weight is 184 g/mol. The lowest BCUT2D eigenvalue weighted by Gasteiger charge is -2.00. The summed E-state index contributed by atoms with van der Waals surface area (Å²) in [5.74, 6) is -0.326. The van der Waals surface area contributed by atoms with Crippen molar-refractivity contribution < 1.29 is 13.2 Å². The van der Waals surface area contributed by atoms with E-state index in [4.69, 9.17) is 0 Å². The van der Waals surface area contributed by atoms with Crippen LogP contribution in [0.3, 0.4) is 0 Å². The number of hydrogen-bond donors (Lipinski definition) is 1. The van der Waals surface area contributed by atoms with Gasteiger partial charge in [0.25, 0.3) is 0 Å². The number of nitrogens with one attached hydrogen (secondary N) is 1. The first-order valence-corrected chi connectivity index (χ1v) is 3.36. The lowest BCUT2D eigenvalue weighted by atomic mass is 10.4. The van der Waals surface area contributed by atoms with Gasteiger partial charge in [-0.15, -0.1) is 0 Å². The van der Waals surface area contributed by atoms with E-state index >= 15 is 0 Å². The molecule has 0 bridgehead atoms. The Morgan fingerprint density at radius 1 is 1.55 bits per heavy atom. The Morgan fingerprint density at radius 3 is 2.55 bits per heavy atom. The first-order chi connectivity index (χ1) is 4.97. The second kappa shape index (κ2) is 2.65.